The maximum absolute atomic E-state index is 12.3. The summed E-state index contributed by atoms with van der Waals surface area (Å²) < 4.78 is 6.51. The van der Waals surface area contributed by atoms with Gasteiger partial charge in [0, 0.05) is 6.54 Å². The number of hydrogen-bond donors (Lipinski definition) is 1. The van der Waals surface area contributed by atoms with Crippen molar-refractivity contribution < 1.29 is 9.21 Å². The Kier molecular flexibility index (Phi) is 5.64. The van der Waals surface area contributed by atoms with E-state index in [0.29, 0.717) is 20.8 Å². The van der Waals surface area contributed by atoms with Gasteiger partial charge in [0.05, 0.1) is 22.2 Å². The van der Waals surface area contributed by atoms with Crippen LogP contribution in [0, 0.1) is 0 Å². The number of furan rings is 1. The molecule has 4 nitrogen and oxygen atoms in total. The molecule has 0 saturated carbocycles. The van der Waals surface area contributed by atoms with E-state index >= 15 is 0 Å². The van der Waals surface area contributed by atoms with Crippen LogP contribution in [-0.2, 0) is 0 Å². The number of rotatable bonds is 5. The third-order valence-corrected chi connectivity index (χ3v) is 5.55. The van der Waals surface area contributed by atoms with Crippen LogP contribution < -0.4 is 5.32 Å². The lowest BCUT2D eigenvalue weighted by Crippen LogP contribution is -2.40. The quantitative estimate of drug-likeness (QED) is 0.833. The summed E-state index contributed by atoms with van der Waals surface area (Å²) >= 11 is 13.2. The summed E-state index contributed by atoms with van der Waals surface area (Å²) in [5.41, 5.74) is 0.429. The number of thiophene rings is 1. The molecular weight excluding hydrogens is 355 g/mol. The number of nitrogens with zero attached hydrogens (tertiary/aromatic N) is 1. The molecular formula is C16H18Cl2N2O2S. The number of hydrogen-bond acceptors (Lipinski definition) is 4. The summed E-state index contributed by atoms with van der Waals surface area (Å²) in [6.07, 6.45) is 5.29. The molecule has 2 aromatic rings. The Morgan fingerprint density at radius 3 is 2.74 bits per heavy atom. The molecule has 0 radical (unpaired) electrons. The Balaban J connectivity index is 1.69. The van der Waals surface area contributed by atoms with E-state index in [1.165, 1.54) is 30.6 Å². The smallest absolute Gasteiger partial charge is 0.253 e. The fourth-order valence-electron chi connectivity index (χ4n) is 2.90. The van der Waals surface area contributed by atoms with E-state index in [2.05, 4.69) is 10.2 Å². The molecule has 1 atom stereocenters. The Morgan fingerprint density at radius 2 is 2.13 bits per heavy atom. The number of nitrogens with one attached hydrogen (secondary N) is 1. The summed E-state index contributed by atoms with van der Waals surface area (Å²) in [7, 11) is 0. The zero-order valence-electron chi connectivity index (χ0n) is 12.6. The van der Waals surface area contributed by atoms with Gasteiger partial charge in [0.1, 0.15) is 10.1 Å². The molecule has 124 valence electrons. The highest BCUT2D eigenvalue weighted by Gasteiger charge is 2.25. The van der Waals surface area contributed by atoms with E-state index in [1.807, 2.05) is 12.1 Å². The second-order valence-corrected chi connectivity index (χ2v) is 7.86. The van der Waals surface area contributed by atoms with E-state index in [-0.39, 0.29) is 11.9 Å². The molecule has 0 spiro atoms. The van der Waals surface area contributed by atoms with Crippen molar-refractivity contribution in [2.75, 3.05) is 19.6 Å². The second-order valence-electron chi connectivity index (χ2n) is 5.58. The molecule has 0 bridgehead atoms. The van der Waals surface area contributed by atoms with Crippen molar-refractivity contribution in [1.82, 2.24) is 10.2 Å². The normalized spacial score (nSPS) is 17.1. The molecule has 7 heteroatoms. The SMILES string of the molecule is O=C(NC[C@@H](c1ccco1)N1CCCCC1)c1cc(Cl)sc1Cl. The molecule has 2 aromatic heterocycles. The van der Waals surface area contributed by atoms with E-state index < -0.39 is 0 Å². The molecule has 3 rings (SSSR count). The average molecular weight is 373 g/mol. The van der Waals surface area contributed by atoms with Crippen LogP contribution in [0.25, 0.3) is 0 Å². The third kappa shape index (κ3) is 4.10. The molecule has 0 aliphatic carbocycles. The van der Waals surface area contributed by atoms with Gasteiger partial charge in [-0.25, -0.2) is 0 Å². The van der Waals surface area contributed by atoms with E-state index in [4.69, 9.17) is 27.6 Å². The Morgan fingerprint density at radius 1 is 1.35 bits per heavy atom. The predicted octanol–water partition coefficient (Wildman–Crippen LogP) is 4.60. The first kappa shape index (κ1) is 16.8. The molecule has 1 N–H and O–H groups in total. The lowest BCUT2D eigenvalue weighted by atomic mass is 10.1. The number of carbonyl (C=O) groups is 1. The highest BCUT2D eigenvalue weighted by Crippen LogP contribution is 2.31. The van der Waals surface area contributed by atoms with Crippen LogP contribution in [0.4, 0.5) is 0 Å². The number of likely N-dealkylation sites (tertiary alicyclic amines) is 1. The van der Waals surface area contributed by atoms with Gasteiger partial charge in [-0.15, -0.1) is 11.3 Å². The Hall–Kier alpha value is -1.01. The van der Waals surface area contributed by atoms with Crippen molar-refractivity contribution in [3.05, 3.63) is 44.5 Å². The van der Waals surface area contributed by atoms with Gasteiger partial charge in [0.15, 0.2) is 0 Å². The van der Waals surface area contributed by atoms with Gasteiger partial charge in [0.25, 0.3) is 5.91 Å². The van der Waals surface area contributed by atoms with Gasteiger partial charge in [-0.3, -0.25) is 9.69 Å². The third-order valence-electron chi connectivity index (χ3n) is 4.06. The molecule has 1 aliphatic rings. The maximum Gasteiger partial charge on any atom is 0.253 e. The predicted molar refractivity (Wildman–Crippen MR) is 93.5 cm³/mol. The minimum absolute atomic E-state index is 0.0436. The van der Waals surface area contributed by atoms with Crippen molar-refractivity contribution in [1.29, 1.82) is 0 Å². The standard InChI is InChI=1S/C16H18Cl2N2O2S/c17-14-9-11(15(18)23-14)16(21)19-10-12(13-5-4-8-22-13)20-6-2-1-3-7-20/h4-5,8-9,12H,1-3,6-7,10H2,(H,19,21)/t12-/m0/s1. The zero-order chi connectivity index (χ0) is 16.2. The van der Waals surface area contributed by atoms with Crippen LogP contribution in [-0.4, -0.2) is 30.4 Å². The van der Waals surface area contributed by atoms with Gasteiger partial charge >= 0.3 is 0 Å². The second kappa shape index (κ2) is 7.71. The van der Waals surface area contributed by atoms with E-state index in [9.17, 15) is 4.79 Å². The summed E-state index contributed by atoms with van der Waals surface area (Å²) in [5.74, 6) is 0.674. The largest absolute Gasteiger partial charge is 0.468 e. The highest BCUT2D eigenvalue weighted by atomic mass is 35.5. The van der Waals surface area contributed by atoms with Crippen LogP contribution in [0.2, 0.25) is 8.67 Å². The zero-order valence-corrected chi connectivity index (χ0v) is 14.9. The molecule has 23 heavy (non-hydrogen) atoms. The van der Waals surface area contributed by atoms with Crippen LogP contribution in [0.1, 0.15) is 41.4 Å². The minimum Gasteiger partial charge on any atom is -0.468 e. The molecule has 0 aromatic carbocycles. The van der Waals surface area contributed by atoms with Gasteiger partial charge in [-0.1, -0.05) is 29.6 Å². The number of amides is 1. The lowest BCUT2D eigenvalue weighted by Gasteiger charge is -2.33. The monoisotopic (exact) mass is 372 g/mol. The summed E-state index contributed by atoms with van der Waals surface area (Å²) in [6.45, 7) is 2.52. The fraction of sp³-hybridized carbons (Fsp3) is 0.438. The summed E-state index contributed by atoms with van der Waals surface area (Å²) in [4.78, 5) is 14.7. The maximum atomic E-state index is 12.3. The first-order valence-corrected chi connectivity index (χ1v) is 9.23. The van der Waals surface area contributed by atoms with Gasteiger partial charge in [-0.05, 0) is 44.1 Å². The van der Waals surface area contributed by atoms with Crippen LogP contribution in [0.5, 0.6) is 0 Å². The van der Waals surface area contributed by atoms with Crippen molar-refractivity contribution in [2.45, 2.75) is 25.3 Å². The average Bonchev–Trinajstić information content (AvgIpc) is 3.18. The molecule has 1 fully saturated rings. The van der Waals surface area contributed by atoms with Crippen LogP contribution in [0.3, 0.4) is 0 Å². The van der Waals surface area contributed by atoms with Crippen molar-refractivity contribution in [2.24, 2.45) is 0 Å². The number of carbonyl (C=O) groups excluding carboxylic acids is 1. The van der Waals surface area contributed by atoms with Crippen LogP contribution >= 0.6 is 34.5 Å². The first-order chi connectivity index (χ1) is 11.1. The van der Waals surface area contributed by atoms with Gasteiger partial charge in [0.2, 0.25) is 0 Å². The van der Waals surface area contributed by atoms with E-state index in [1.54, 1.807) is 12.3 Å². The molecule has 1 amide bonds. The number of halogens is 2. The Labute approximate surface area is 149 Å². The van der Waals surface area contributed by atoms with Crippen molar-refractivity contribution in [3.8, 4) is 0 Å². The van der Waals surface area contributed by atoms with Crippen molar-refractivity contribution >= 4 is 40.4 Å². The Bertz CT molecular complexity index is 651. The summed E-state index contributed by atoms with van der Waals surface area (Å²) in [5, 5.41) is 2.96. The molecule has 3 heterocycles. The molecule has 1 saturated heterocycles. The number of piperidine rings is 1. The van der Waals surface area contributed by atoms with Crippen molar-refractivity contribution in [3.63, 3.8) is 0 Å². The topological polar surface area (TPSA) is 45.5 Å². The minimum atomic E-state index is -0.202. The van der Waals surface area contributed by atoms with Gasteiger partial charge < -0.3 is 9.73 Å². The first-order valence-electron chi connectivity index (χ1n) is 7.65. The van der Waals surface area contributed by atoms with E-state index in [0.717, 1.165) is 18.8 Å². The van der Waals surface area contributed by atoms with Crippen LogP contribution in [0.15, 0.2) is 28.9 Å². The molecule has 1 aliphatic heterocycles. The lowest BCUT2D eigenvalue weighted by molar-refractivity contribution is 0.0914. The molecule has 0 unspecified atom stereocenters. The highest BCUT2D eigenvalue weighted by molar-refractivity contribution is 7.20. The fourth-order valence-corrected chi connectivity index (χ4v) is 4.36. The van der Waals surface area contributed by atoms with Gasteiger partial charge in [-0.2, -0.15) is 0 Å². The summed E-state index contributed by atoms with van der Waals surface area (Å²) in [6, 6.07) is 5.48.